The van der Waals surface area contributed by atoms with Crippen molar-refractivity contribution in [2.75, 3.05) is 0 Å². The van der Waals surface area contributed by atoms with E-state index in [-0.39, 0.29) is 5.91 Å². The van der Waals surface area contributed by atoms with E-state index in [0.717, 1.165) is 18.0 Å². The molecule has 2 rings (SSSR count). The van der Waals surface area contributed by atoms with Gasteiger partial charge in [0.1, 0.15) is 0 Å². The Bertz CT molecular complexity index is 399. The van der Waals surface area contributed by atoms with Crippen LogP contribution in [0.4, 0.5) is 0 Å². The minimum atomic E-state index is -0.360. The highest BCUT2D eigenvalue weighted by Gasteiger charge is 2.29. The molecule has 0 aliphatic heterocycles. The lowest BCUT2D eigenvalue weighted by Gasteiger charge is -2.16. The molecule has 1 aliphatic carbocycles. The maximum atomic E-state index is 11.1. The van der Waals surface area contributed by atoms with Crippen molar-refractivity contribution in [3.63, 3.8) is 0 Å². The van der Waals surface area contributed by atoms with Crippen LogP contribution in [0.1, 0.15) is 42.1 Å². The summed E-state index contributed by atoms with van der Waals surface area (Å²) in [6.07, 6.45) is 3.87. The van der Waals surface area contributed by atoms with Crippen LogP contribution in [-0.4, -0.2) is 11.9 Å². The molecule has 17 heavy (non-hydrogen) atoms. The number of primary amides is 1. The second-order valence-corrected chi connectivity index (χ2v) is 4.80. The zero-order valence-electron chi connectivity index (χ0n) is 10.3. The highest BCUT2D eigenvalue weighted by molar-refractivity contribution is 5.92. The number of benzene rings is 1. The van der Waals surface area contributed by atoms with E-state index < -0.39 is 0 Å². The summed E-state index contributed by atoms with van der Waals surface area (Å²) in [7, 11) is 0. The zero-order valence-corrected chi connectivity index (χ0v) is 10.3. The van der Waals surface area contributed by atoms with Gasteiger partial charge >= 0.3 is 0 Å². The Labute approximate surface area is 102 Å². The van der Waals surface area contributed by atoms with Crippen LogP contribution in [-0.2, 0) is 6.54 Å². The van der Waals surface area contributed by atoms with Gasteiger partial charge in [-0.3, -0.25) is 4.79 Å². The number of carbonyl (C=O) groups excluding carboxylic acids is 1. The number of carbonyl (C=O) groups is 1. The molecule has 1 unspecified atom stereocenters. The fourth-order valence-corrected chi connectivity index (χ4v) is 2.23. The molecule has 3 N–H and O–H groups in total. The lowest BCUT2D eigenvalue weighted by Crippen LogP contribution is -2.29. The average molecular weight is 232 g/mol. The van der Waals surface area contributed by atoms with E-state index in [1.54, 1.807) is 6.07 Å². The predicted molar refractivity (Wildman–Crippen MR) is 68.6 cm³/mol. The van der Waals surface area contributed by atoms with Crippen LogP contribution < -0.4 is 11.1 Å². The fraction of sp³-hybridized carbons (Fsp3) is 0.500. The van der Waals surface area contributed by atoms with Crippen LogP contribution in [0, 0.1) is 5.92 Å². The Morgan fingerprint density at radius 2 is 2.29 bits per heavy atom. The van der Waals surface area contributed by atoms with E-state index >= 15 is 0 Å². The minimum Gasteiger partial charge on any atom is -0.366 e. The molecule has 1 fully saturated rings. The molecule has 0 radical (unpaired) electrons. The van der Waals surface area contributed by atoms with Gasteiger partial charge in [-0.2, -0.15) is 0 Å². The van der Waals surface area contributed by atoms with Crippen molar-refractivity contribution in [2.45, 2.75) is 38.8 Å². The summed E-state index contributed by atoms with van der Waals surface area (Å²) >= 11 is 0. The molecule has 3 heteroatoms. The molecule has 0 aromatic heterocycles. The highest BCUT2D eigenvalue weighted by atomic mass is 16.1. The molecule has 1 amide bonds. The molecule has 1 aromatic rings. The number of nitrogens with two attached hydrogens (primary N) is 1. The Morgan fingerprint density at radius 1 is 1.53 bits per heavy atom. The van der Waals surface area contributed by atoms with Gasteiger partial charge in [-0.1, -0.05) is 19.1 Å². The number of hydrogen-bond acceptors (Lipinski definition) is 2. The van der Waals surface area contributed by atoms with Crippen LogP contribution in [0.3, 0.4) is 0 Å². The normalized spacial score (nSPS) is 16.8. The first kappa shape index (κ1) is 12.1. The Balaban J connectivity index is 1.93. The summed E-state index contributed by atoms with van der Waals surface area (Å²) in [4.78, 5) is 11.1. The van der Waals surface area contributed by atoms with Gasteiger partial charge in [0, 0.05) is 18.2 Å². The number of hydrogen-bond donors (Lipinski definition) is 2. The van der Waals surface area contributed by atoms with Gasteiger partial charge in [0.25, 0.3) is 0 Å². The molecule has 1 saturated carbocycles. The van der Waals surface area contributed by atoms with Gasteiger partial charge in [-0.05, 0) is 42.9 Å². The van der Waals surface area contributed by atoms with Crippen molar-refractivity contribution in [3.8, 4) is 0 Å². The van der Waals surface area contributed by atoms with Crippen molar-refractivity contribution in [3.05, 3.63) is 35.4 Å². The quantitative estimate of drug-likeness (QED) is 0.788. The molecule has 1 atom stereocenters. The molecule has 1 aliphatic rings. The molecule has 0 heterocycles. The largest absolute Gasteiger partial charge is 0.366 e. The second kappa shape index (κ2) is 5.32. The average Bonchev–Trinajstić information content (AvgIpc) is 3.15. The van der Waals surface area contributed by atoms with E-state index in [1.807, 2.05) is 18.2 Å². The lowest BCUT2D eigenvalue weighted by molar-refractivity contribution is 0.1000. The topological polar surface area (TPSA) is 55.1 Å². The summed E-state index contributed by atoms with van der Waals surface area (Å²) in [6, 6.07) is 8.15. The van der Waals surface area contributed by atoms with Crippen molar-refractivity contribution in [1.82, 2.24) is 5.32 Å². The molecular formula is C14H20N2O. The standard InChI is InChI=1S/C14H20N2O/c1-2-13(11-6-7-11)16-9-10-4-3-5-12(8-10)14(15)17/h3-5,8,11,13,16H,2,6-7,9H2,1H3,(H2,15,17). The smallest absolute Gasteiger partial charge is 0.248 e. The monoisotopic (exact) mass is 232 g/mol. The third kappa shape index (κ3) is 3.30. The molecule has 0 bridgehead atoms. The van der Waals surface area contributed by atoms with Crippen LogP contribution in [0.15, 0.2) is 24.3 Å². The summed E-state index contributed by atoms with van der Waals surface area (Å²) in [5, 5.41) is 3.56. The molecule has 1 aromatic carbocycles. The molecule has 3 nitrogen and oxygen atoms in total. The molecule has 0 spiro atoms. The van der Waals surface area contributed by atoms with E-state index in [2.05, 4.69) is 12.2 Å². The van der Waals surface area contributed by atoms with Crippen molar-refractivity contribution in [1.29, 1.82) is 0 Å². The Kier molecular flexibility index (Phi) is 3.79. The highest BCUT2D eigenvalue weighted by Crippen LogP contribution is 2.33. The molecular weight excluding hydrogens is 212 g/mol. The summed E-state index contributed by atoms with van der Waals surface area (Å²) in [5.41, 5.74) is 6.98. The third-order valence-electron chi connectivity index (χ3n) is 3.41. The van der Waals surface area contributed by atoms with Crippen LogP contribution in [0.2, 0.25) is 0 Å². The van der Waals surface area contributed by atoms with Gasteiger partial charge in [-0.25, -0.2) is 0 Å². The lowest BCUT2D eigenvalue weighted by atomic mass is 10.1. The second-order valence-electron chi connectivity index (χ2n) is 4.80. The van der Waals surface area contributed by atoms with Crippen molar-refractivity contribution < 1.29 is 4.79 Å². The SMILES string of the molecule is CCC(NCc1cccc(C(N)=O)c1)C1CC1. The van der Waals surface area contributed by atoms with Crippen molar-refractivity contribution in [2.24, 2.45) is 11.7 Å². The predicted octanol–water partition coefficient (Wildman–Crippen LogP) is 2.06. The summed E-state index contributed by atoms with van der Waals surface area (Å²) < 4.78 is 0. The van der Waals surface area contributed by atoms with Gasteiger partial charge < -0.3 is 11.1 Å². The van der Waals surface area contributed by atoms with Gasteiger partial charge in [0.15, 0.2) is 0 Å². The zero-order chi connectivity index (χ0) is 12.3. The first-order valence-electron chi connectivity index (χ1n) is 6.33. The van der Waals surface area contributed by atoms with Crippen LogP contribution in [0.25, 0.3) is 0 Å². The Hall–Kier alpha value is -1.35. The van der Waals surface area contributed by atoms with E-state index in [9.17, 15) is 4.79 Å². The maximum Gasteiger partial charge on any atom is 0.248 e. The van der Waals surface area contributed by atoms with Crippen LogP contribution in [0.5, 0.6) is 0 Å². The minimum absolute atomic E-state index is 0.360. The van der Waals surface area contributed by atoms with Crippen LogP contribution >= 0.6 is 0 Å². The maximum absolute atomic E-state index is 11.1. The first-order valence-corrected chi connectivity index (χ1v) is 6.33. The summed E-state index contributed by atoms with van der Waals surface area (Å²) in [5.74, 6) is 0.500. The van der Waals surface area contributed by atoms with Gasteiger partial charge in [0.05, 0.1) is 0 Å². The molecule has 92 valence electrons. The van der Waals surface area contributed by atoms with Crippen molar-refractivity contribution >= 4 is 5.91 Å². The fourth-order valence-electron chi connectivity index (χ4n) is 2.23. The first-order chi connectivity index (χ1) is 8.20. The van der Waals surface area contributed by atoms with E-state index in [0.29, 0.717) is 11.6 Å². The third-order valence-corrected chi connectivity index (χ3v) is 3.41. The Morgan fingerprint density at radius 3 is 2.88 bits per heavy atom. The molecule has 0 saturated heterocycles. The number of amides is 1. The van der Waals surface area contributed by atoms with E-state index in [4.69, 9.17) is 5.73 Å². The number of rotatable bonds is 6. The summed E-state index contributed by atoms with van der Waals surface area (Å²) in [6.45, 7) is 3.03. The van der Waals surface area contributed by atoms with Gasteiger partial charge in [-0.15, -0.1) is 0 Å². The number of nitrogens with one attached hydrogen (secondary N) is 1. The van der Waals surface area contributed by atoms with Gasteiger partial charge in [0.2, 0.25) is 5.91 Å². The van der Waals surface area contributed by atoms with E-state index in [1.165, 1.54) is 19.3 Å².